The van der Waals surface area contributed by atoms with E-state index in [1.807, 2.05) is 36.5 Å². The van der Waals surface area contributed by atoms with E-state index >= 15 is 0 Å². The van der Waals surface area contributed by atoms with Gasteiger partial charge in [0.1, 0.15) is 6.54 Å². The minimum Gasteiger partial charge on any atom is -0.346 e. The van der Waals surface area contributed by atoms with Crippen LogP contribution >= 0.6 is 11.8 Å². The summed E-state index contributed by atoms with van der Waals surface area (Å²) in [6, 6.07) is 7.65. The van der Waals surface area contributed by atoms with Gasteiger partial charge in [0.25, 0.3) is 0 Å². The van der Waals surface area contributed by atoms with Crippen LogP contribution in [0, 0.1) is 6.92 Å². The monoisotopic (exact) mass is 344 g/mol. The highest BCUT2D eigenvalue weighted by Gasteiger charge is 2.27. The van der Waals surface area contributed by atoms with Crippen LogP contribution in [0.15, 0.2) is 29.4 Å². The Morgan fingerprint density at radius 3 is 2.65 bits per heavy atom. The van der Waals surface area contributed by atoms with E-state index in [9.17, 15) is 18.0 Å². The van der Waals surface area contributed by atoms with Crippen LogP contribution in [0.4, 0.5) is 13.2 Å². The average molecular weight is 344 g/mol. The first-order valence-electron chi connectivity index (χ1n) is 6.69. The predicted molar refractivity (Wildman–Crippen MR) is 81.0 cm³/mol. The third-order valence-electron chi connectivity index (χ3n) is 3.04. The lowest BCUT2D eigenvalue weighted by Crippen LogP contribution is -2.34. The molecule has 9 heteroatoms. The molecule has 1 heterocycles. The molecule has 5 nitrogen and oxygen atoms in total. The quantitative estimate of drug-likeness (QED) is 0.847. The van der Waals surface area contributed by atoms with Crippen molar-refractivity contribution < 1.29 is 18.0 Å². The molecule has 1 amide bonds. The van der Waals surface area contributed by atoms with Crippen LogP contribution in [0.25, 0.3) is 11.4 Å². The highest BCUT2D eigenvalue weighted by Crippen LogP contribution is 2.24. The van der Waals surface area contributed by atoms with E-state index in [1.165, 1.54) is 0 Å². The van der Waals surface area contributed by atoms with Crippen molar-refractivity contribution in [1.82, 2.24) is 20.1 Å². The Bertz CT molecular complexity index is 700. The standard InChI is InChI=1S/C14H15F3N4OS/c1-9-5-3-4-6-10(9)12-19-20-13(21(12)2)23-7-11(22)18-8-14(15,16)17/h3-6H,7-8H2,1-2H3,(H,18,22). The molecule has 0 aliphatic rings. The SMILES string of the molecule is Cc1ccccc1-c1nnc(SCC(=O)NCC(F)(F)F)n1C. The number of nitrogens with one attached hydrogen (secondary N) is 1. The van der Waals surface area contributed by atoms with Gasteiger partial charge in [0, 0.05) is 12.6 Å². The van der Waals surface area contributed by atoms with Crippen molar-refractivity contribution >= 4 is 17.7 Å². The molecule has 2 rings (SSSR count). The first-order chi connectivity index (χ1) is 10.8. The molecule has 23 heavy (non-hydrogen) atoms. The van der Waals surface area contributed by atoms with Gasteiger partial charge in [0.15, 0.2) is 11.0 Å². The van der Waals surface area contributed by atoms with Crippen molar-refractivity contribution in [3.8, 4) is 11.4 Å². The number of thioether (sulfide) groups is 1. The fraction of sp³-hybridized carbons (Fsp3) is 0.357. The van der Waals surface area contributed by atoms with E-state index in [0.717, 1.165) is 22.9 Å². The molecule has 2 aromatic rings. The Morgan fingerprint density at radius 1 is 1.30 bits per heavy atom. The number of carbonyl (C=O) groups is 1. The number of aromatic nitrogens is 3. The van der Waals surface area contributed by atoms with Crippen molar-refractivity contribution in [3.05, 3.63) is 29.8 Å². The van der Waals surface area contributed by atoms with E-state index in [4.69, 9.17) is 0 Å². The third kappa shape index (κ3) is 4.72. The summed E-state index contributed by atoms with van der Waals surface area (Å²) < 4.78 is 37.8. The molecule has 0 aliphatic carbocycles. The molecule has 124 valence electrons. The minimum atomic E-state index is -4.41. The zero-order valence-electron chi connectivity index (χ0n) is 12.5. The number of nitrogens with zero attached hydrogens (tertiary/aromatic N) is 3. The maximum atomic E-state index is 12.0. The number of benzene rings is 1. The van der Waals surface area contributed by atoms with Crippen LogP contribution in [-0.4, -0.2) is 39.1 Å². The summed E-state index contributed by atoms with van der Waals surface area (Å²) in [5, 5.41) is 10.4. The highest BCUT2D eigenvalue weighted by molar-refractivity contribution is 7.99. The van der Waals surface area contributed by atoms with E-state index in [0.29, 0.717) is 11.0 Å². The summed E-state index contributed by atoms with van der Waals surface area (Å²) in [4.78, 5) is 11.4. The van der Waals surface area contributed by atoms with Crippen molar-refractivity contribution in [2.24, 2.45) is 7.05 Å². The second-order valence-corrected chi connectivity index (χ2v) is 5.80. The maximum Gasteiger partial charge on any atom is 0.405 e. The van der Waals surface area contributed by atoms with Crippen molar-refractivity contribution in [3.63, 3.8) is 0 Å². The van der Waals surface area contributed by atoms with Crippen LogP contribution in [-0.2, 0) is 11.8 Å². The second-order valence-electron chi connectivity index (χ2n) is 4.86. The lowest BCUT2D eigenvalue weighted by molar-refractivity contribution is -0.136. The van der Waals surface area contributed by atoms with Crippen LogP contribution < -0.4 is 5.32 Å². The van der Waals surface area contributed by atoms with Crippen molar-refractivity contribution in [2.45, 2.75) is 18.3 Å². The number of carbonyl (C=O) groups excluding carboxylic acids is 1. The molecule has 0 radical (unpaired) electrons. The zero-order valence-corrected chi connectivity index (χ0v) is 13.3. The lowest BCUT2D eigenvalue weighted by atomic mass is 10.1. The molecule has 0 bridgehead atoms. The molecule has 0 saturated heterocycles. The van der Waals surface area contributed by atoms with E-state index in [2.05, 4.69) is 10.2 Å². The van der Waals surface area contributed by atoms with Crippen molar-refractivity contribution in [1.29, 1.82) is 0 Å². The summed E-state index contributed by atoms with van der Waals surface area (Å²) in [7, 11) is 1.75. The molecular weight excluding hydrogens is 329 g/mol. The van der Waals surface area contributed by atoms with Gasteiger partial charge < -0.3 is 9.88 Å². The molecule has 1 N–H and O–H groups in total. The molecule has 0 spiro atoms. The second kappa shape index (κ2) is 7.03. The van der Waals surface area contributed by atoms with E-state index in [-0.39, 0.29) is 5.75 Å². The number of amides is 1. The Morgan fingerprint density at radius 2 is 2.00 bits per heavy atom. The van der Waals surface area contributed by atoms with Crippen LogP contribution in [0.2, 0.25) is 0 Å². The Hall–Kier alpha value is -2.03. The topological polar surface area (TPSA) is 59.8 Å². The average Bonchev–Trinajstić information content (AvgIpc) is 2.84. The number of halogens is 3. The molecule has 1 aromatic heterocycles. The summed E-state index contributed by atoms with van der Waals surface area (Å²) in [5.74, 6) is -0.218. The molecule has 0 atom stereocenters. The number of hydrogen-bond donors (Lipinski definition) is 1. The fourth-order valence-corrected chi connectivity index (χ4v) is 2.62. The van der Waals surface area contributed by atoms with Gasteiger partial charge in [-0.25, -0.2) is 0 Å². The normalized spacial score (nSPS) is 11.5. The summed E-state index contributed by atoms with van der Waals surface area (Å²) in [6.07, 6.45) is -4.41. The largest absolute Gasteiger partial charge is 0.405 e. The number of hydrogen-bond acceptors (Lipinski definition) is 4. The van der Waals surface area contributed by atoms with Crippen LogP contribution in [0.3, 0.4) is 0 Å². The van der Waals surface area contributed by atoms with Crippen molar-refractivity contribution in [2.75, 3.05) is 12.3 Å². The first-order valence-corrected chi connectivity index (χ1v) is 7.68. The summed E-state index contributed by atoms with van der Waals surface area (Å²) >= 11 is 1.04. The minimum absolute atomic E-state index is 0.157. The van der Waals surface area contributed by atoms with Gasteiger partial charge in [-0.05, 0) is 12.5 Å². The van der Waals surface area contributed by atoms with Crippen LogP contribution in [0.1, 0.15) is 5.56 Å². The van der Waals surface area contributed by atoms with Gasteiger partial charge in [-0.15, -0.1) is 10.2 Å². The van der Waals surface area contributed by atoms with Gasteiger partial charge in [0.2, 0.25) is 5.91 Å². The molecule has 0 aliphatic heterocycles. The Labute approximate surface area is 135 Å². The molecule has 0 saturated carbocycles. The smallest absolute Gasteiger partial charge is 0.346 e. The Balaban J connectivity index is 2.01. The number of aryl methyl sites for hydroxylation is 1. The molecular formula is C14H15F3N4OS. The summed E-state index contributed by atoms with van der Waals surface area (Å²) in [5.41, 5.74) is 1.94. The fourth-order valence-electron chi connectivity index (χ4n) is 1.88. The van der Waals surface area contributed by atoms with E-state index < -0.39 is 18.6 Å². The van der Waals surface area contributed by atoms with Gasteiger partial charge in [0.05, 0.1) is 5.75 Å². The Kier molecular flexibility index (Phi) is 5.30. The van der Waals surface area contributed by atoms with Gasteiger partial charge >= 0.3 is 6.18 Å². The van der Waals surface area contributed by atoms with Crippen LogP contribution in [0.5, 0.6) is 0 Å². The number of rotatable bonds is 5. The third-order valence-corrected chi connectivity index (χ3v) is 4.06. The molecule has 1 aromatic carbocycles. The maximum absolute atomic E-state index is 12.0. The van der Waals surface area contributed by atoms with Gasteiger partial charge in [-0.2, -0.15) is 13.2 Å². The lowest BCUT2D eigenvalue weighted by Gasteiger charge is -2.08. The van der Waals surface area contributed by atoms with Gasteiger partial charge in [-0.1, -0.05) is 36.0 Å². The molecule has 0 unspecified atom stereocenters. The van der Waals surface area contributed by atoms with Gasteiger partial charge in [-0.3, -0.25) is 4.79 Å². The molecule has 0 fully saturated rings. The zero-order chi connectivity index (χ0) is 17.0. The highest BCUT2D eigenvalue weighted by atomic mass is 32.2. The first kappa shape index (κ1) is 17.3. The predicted octanol–water partition coefficient (Wildman–Crippen LogP) is 2.56. The number of alkyl halides is 3. The van der Waals surface area contributed by atoms with E-state index in [1.54, 1.807) is 11.6 Å². The summed E-state index contributed by atoms with van der Waals surface area (Å²) in [6.45, 7) is 0.612.